The first kappa shape index (κ1) is 14.8. The Morgan fingerprint density at radius 1 is 1.37 bits per heavy atom. The maximum absolute atomic E-state index is 12.6. The van der Waals surface area contributed by atoms with Gasteiger partial charge >= 0.3 is 0 Å². The highest BCUT2D eigenvalue weighted by molar-refractivity contribution is 5.87. The topological polar surface area (TPSA) is 61.4 Å². The second-order valence-electron chi connectivity index (χ2n) is 6.54. The molecule has 0 aromatic rings. The molecule has 0 spiro atoms. The predicted octanol–water partition coefficient (Wildman–Crippen LogP) is 1.58. The lowest BCUT2D eigenvalue weighted by atomic mass is 9.77. The highest BCUT2D eigenvalue weighted by atomic mass is 16.3. The number of rotatable bonds is 4. The lowest BCUT2D eigenvalue weighted by Crippen LogP contribution is -2.62. The van der Waals surface area contributed by atoms with Gasteiger partial charge in [-0.1, -0.05) is 13.8 Å². The van der Waals surface area contributed by atoms with Gasteiger partial charge in [0.2, 0.25) is 5.91 Å². The predicted molar refractivity (Wildman–Crippen MR) is 75.9 cm³/mol. The van der Waals surface area contributed by atoms with Crippen molar-refractivity contribution in [2.24, 2.45) is 5.92 Å². The van der Waals surface area contributed by atoms with Crippen LogP contribution in [0.4, 0.5) is 0 Å². The molecule has 2 aliphatic rings. The van der Waals surface area contributed by atoms with E-state index in [1.165, 1.54) is 0 Å². The molecule has 0 aromatic heterocycles. The van der Waals surface area contributed by atoms with Crippen molar-refractivity contribution in [2.45, 2.75) is 69.9 Å². The van der Waals surface area contributed by atoms with Crippen molar-refractivity contribution in [1.82, 2.24) is 10.6 Å². The standard InChI is InChI=1S/C15H28N2O2/c1-3-15(7-4-10-16-15)13(19)17-14(11-18)8-5-12(2)6-9-14/h12,16,18H,3-11H2,1-2H3,(H,17,19). The van der Waals surface area contributed by atoms with E-state index in [4.69, 9.17) is 0 Å². The summed E-state index contributed by atoms with van der Waals surface area (Å²) in [6.07, 6.45) is 6.77. The van der Waals surface area contributed by atoms with Crippen LogP contribution in [0.1, 0.15) is 58.8 Å². The zero-order valence-corrected chi connectivity index (χ0v) is 12.3. The molecule has 4 nitrogen and oxygen atoms in total. The van der Waals surface area contributed by atoms with Crippen LogP contribution in [0, 0.1) is 5.92 Å². The fraction of sp³-hybridized carbons (Fsp3) is 0.933. The minimum absolute atomic E-state index is 0.0608. The van der Waals surface area contributed by atoms with Gasteiger partial charge in [0, 0.05) is 0 Å². The molecule has 1 saturated carbocycles. The molecule has 1 saturated heterocycles. The van der Waals surface area contributed by atoms with Gasteiger partial charge in [0.05, 0.1) is 17.7 Å². The van der Waals surface area contributed by atoms with Crippen molar-refractivity contribution in [1.29, 1.82) is 0 Å². The zero-order valence-electron chi connectivity index (χ0n) is 12.3. The molecule has 1 aliphatic carbocycles. The molecule has 0 bridgehead atoms. The number of aliphatic hydroxyl groups excluding tert-OH is 1. The smallest absolute Gasteiger partial charge is 0.240 e. The Morgan fingerprint density at radius 3 is 2.53 bits per heavy atom. The minimum Gasteiger partial charge on any atom is -0.394 e. The Labute approximate surface area is 116 Å². The van der Waals surface area contributed by atoms with Gasteiger partial charge in [0.1, 0.15) is 0 Å². The average molecular weight is 268 g/mol. The normalized spacial score (nSPS) is 39.2. The van der Waals surface area contributed by atoms with Crippen LogP contribution < -0.4 is 10.6 Å². The lowest BCUT2D eigenvalue weighted by molar-refractivity contribution is -0.130. The maximum atomic E-state index is 12.6. The molecule has 1 heterocycles. The van der Waals surface area contributed by atoms with E-state index in [0.29, 0.717) is 5.92 Å². The summed E-state index contributed by atoms with van der Waals surface area (Å²) < 4.78 is 0. The Morgan fingerprint density at radius 2 is 2.05 bits per heavy atom. The summed E-state index contributed by atoms with van der Waals surface area (Å²) in [6, 6.07) is 0. The molecule has 2 fully saturated rings. The number of hydrogen-bond acceptors (Lipinski definition) is 3. The van der Waals surface area contributed by atoms with Crippen LogP contribution in [0.3, 0.4) is 0 Å². The van der Waals surface area contributed by atoms with Gasteiger partial charge in [0.25, 0.3) is 0 Å². The van der Waals surface area contributed by atoms with Gasteiger partial charge in [-0.2, -0.15) is 0 Å². The van der Waals surface area contributed by atoms with Crippen molar-refractivity contribution in [2.75, 3.05) is 13.2 Å². The lowest BCUT2D eigenvalue weighted by Gasteiger charge is -2.41. The van der Waals surface area contributed by atoms with E-state index in [2.05, 4.69) is 24.5 Å². The highest BCUT2D eigenvalue weighted by Gasteiger charge is 2.43. The molecule has 3 N–H and O–H groups in total. The molecule has 0 aromatic carbocycles. The van der Waals surface area contributed by atoms with E-state index >= 15 is 0 Å². The second-order valence-corrected chi connectivity index (χ2v) is 6.54. The molecule has 19 heavy (non-hydrogen) atoms. The van der Waals surface area contributed by atoms with Crippen LogP contribution in [-0.2, 0) is 4.79 Å². The molecule has 2 rings (SSSR count). The third kappa shape index (κ3) is 2.95. The van der Waals surface area contributed by atoms with Crippen LogP contribution in [0.5, 0.6) is 0 Å². The first-order valence-corrected chi connectivity index (χ1v) is 7.74. The summed E-state index contributed by atoms with van der Waals surface area (Å²) in [5.41, 5.74) is -0.777. The van der Waals surface area contributed by atoms with E-state index in [1.54, 1.807) is 0 Å². The van der Waals surface area contributed by atoms with Crippen molar-refractivity contribution in [3.05, 3.63) is 0 Å². The van der Waals surface area contributed by atoms with E-state index in [1.807, 2.05) is 0 Å². The molecule has 1 atom stereocenters. The van der Waals surface area contributed by atoms with Crippen molar-refractivity contribution >= 4 is 5.91 Å². The van der Waals surface area contributed by atoms with Gasteiger partial charge in [0.15, 0.2) is 0 Å². The molecule has 0 radical (unpaired) electrons. The Kier molecular flexibility index (Phi) is 4.51. The molecule has 110 valence electrons. The van der Waals surface area contributed by atoms with Gasteiger partial charge < -0.3 is 15.7 Å². The molecule has 1 aliphatic heterocycles. The number of nitrogens with one attached hydrogen (secondary N) is 2. The Hall–Kier alpha value is -0.610. The molecular weight excluding hydrogens is 240 g/mol. The van der Waals surface area contributed by atoms with Crippen molar-refractivity contribution in [3.8, 4) is 0 Å². The van der Waals surface area contributed by atoms with Crippen molar-refractivity contribution < 1.29 is 9.90 Å². The SMILES string of the molecule is CCC1(C(=O)NC2(CO)CCC(C)CC2)CCCN1. The summed E-state index contributed by atoms with van der Waals surface area (Å²) in [4.78, 5) is 12.6. The largest absolute Gasteiger partial charge is 0.394 e. The van der Waals surface area contributed by atoms with Crippen LogP contribution in [0.25, 0.3) is 0 Å². The molecular formula is C15H28N2O2. The van der Waals surface area contributed by atoms with Gasteiger partial charge in [-0.05, 0) is 57.4 Å². The van der Waals surface area contributed by atoms with Crippen LogP contribution in [0.15, 0.2) is 0 Å². The first-order chi connectivity index (χ1) is 9.06. The summed E-state index contributed by atoms with van der Waals surface area (Å²) in [7, 11) is 0. The maximum Gasteiger partial charge on any atom is 0.240 e. The monoisotopic (exact) mass is 268 g/mol. The number of hydrogen-bond donors (Lipinski definition) is 3. The Balaban J connectivity index is 2.03. The number of aliphatic hydroxyl groups is 1. The summed E-state index contributed by atoms with van der Waals surface area (Å²) in [5, 5.41) is 16.3. The highest BCUT2D eigenvalue weighted by Crippen LogP contribution is 2.33. The van der Waals surface area contributed by atoms with E-state index in [-0.39, 0.29) is 18.1 Å². The third-order valence-electron chi connectivity index (χ3n) is 5.19. The summed E-state index contributed by atoms with van der Waals surface area (Å²) >= 11 is 0. The number of amides is 1. The van der Waals surface area contributed by atoms with Crippen LogP contribution in [0.2, 0.25) is 0 Å². The fourth-order valence-electron chi connectivity index (χ4n) is 3.46. The number of carbonyl (C=O) groups excluding carboxylic acids is 1. The summed E-state index contributed by atoms with van der Waals surface area (Å²) in [5.74, 6) is 0.803. The fourth-order valence-corrected chi connectivity index (χ4v) is 3.46. The molecule has 1 unspecified atom stereocenters. The van der Waals surface area contributed by atoms with Gasteiger partial charge in [-0.3, -0.25) is 4.79 Å². The number of carbonyl (C=O) groups is 1. The van der Waals surface area contributed by atoms with E-state index in [0.717, 1.165) is 51.5 Å². The van der Waals surface area contributed by atoms with E-state index in [9.17, 15) is 9.90 Å². The van der Waals surface area contributed by atoms with Gasteiger partial charge in [-0.25, -0.2) is 0 Å². The molecule has 4 heteroatoms. The second kappa shape index (κ2) is 5.80. The molecule has 1 amide bonds. The zero-order chi connectivity index (χ0) is 13.9. The van der Waals surface area contributed by atoms with Gasteiger partial charge in [-0.15, -0.1) is 0 Å². The Bertz CT molecular complexity index is 316. The van der Waals surface area contributed by atoms with E-state index < -0.39 is 5.54 Å². The summed E-state index contributed by atoms with van der Waals surface area (Å²) in [6.45, 7) is 5.29. The quantitative estimate of drug-likeness (QED) is 0.725. The van der Waals surface area contributed by atoms with Crippen LogP contribution in [-0.4, -0.2) is 35.2 Å². The third-order valence-corrected chi connectivity index (χ3v) is 5.19. The first-order valence-electron chi connectivity index (χ1n) is 7.74. The average Bonchev–Trinajstić information content (AvgIpc) is 2.92. The minimum atomic E-state index is -0.398. The van der Waals surface area contributed by atoms with Crippen LogP contribution >= 0.6 is 0 Å². The van der Waals surface area contributed by atoms with Crippen molar-refractivity contribution in [3.63, 3.8) is 0 Å².